The minimum atomic E-state index is -0.560. The van der Waals surface area contributed by atoms with Crippen LogP contribution in [0.2, 0.25) is 0 Å². The highest BCUT2D eigenvalue weighted by Gasteiger charge is 2.58. The maximum atomic E-state index is 13.5. The van der Waals surface area contributed by atoms with Gasteiger partial charge >= 0.3 is 0 Å². The third kappa shape index (κ3) is 3.78. The molecule has 2 nitrogen and oxygen atoms in total. The molecule has 3 fully saturated rings. The van der Waals surface area contributed by atoms with Crippen molar-refractivity contribution in [2.45, 2.75) is 96.7 Å². The minimum Gasteiger partial charge on any atom is -0.393 e. The van der Waals surface area contributed by atoms with E-state index in [1.807, 2.05) is 6.07 Å². The number of aliphatic hydroxyl groups is 2. The van der Waals surface area contributed by atoms with Crippen molar-refractivity contribution in [2.24, 2.45) is 34.5 Å². The van der Waals surface area contributed by atoms with Crippen LogP contribution < -0.4 is 0 Å². The fraction of sp³-hybridized carbons (Fsp3) is 0.724. The quantitative estimate of drug-likeness (QED) is 0.485. The molecule has 1 aromatic carbocycles. The molecule has 8 atom stereocenters. The van der Waals surface area contributed by atoms with E-state index in [0.717, 1.165) is 55.8 Å². The molecular formula is C29H41FO2. The van der Waals surface area contributed by atoms with E-state index in [2.05, 4.69) is 19.9 Å². The first-order chi connectivity index (χ1) is 15.3. The summed E-state index contributed by atoms with van der Waals surface area (Å²) in [5.41, 5.74) is 3.01. The SMILES string of the molecule is CC12CCC(O)CC1=CC[C@@H]1C2CCC2(C)C1CC[C@@H]2CCCC(O)c1cccc(F)c1. The summed E-state index contributed by atoms with van der Waals surface area (Å²) in [5.74, 6) is 2.90. The number of halogens is 1. The fourth-order valence-corrected chi connectivity index (χ4v) is 8.66. The molecule has 6 unspecified atom stereocenters. The van der Waals surface area contributed by atoms with Gasteiger partial charge in [-0.1, -0.05) is 44.1 Å². The van der Waals surface area contributed by atoms with Gasteiger partial charge < -0.3 is 10.2 Å². The maximum Gasteiger partial charge on any atom is 0.123 e. The van der Waals surface area contributed by atoms with Gasteiger partial charge in [0.05, 0.1) is 12.2 Å². The largest absolute Gasteiger partial charge is 0.393 e. The summed E-state index contributed by atoms with van der Waals surface area (Å²) in [7, 11) is 0. The Morgan fingerprint density at radius 1 is 1.09 bits per heavy atom. The molecule has 176 valence electrons. The number of aliphatic hydroxyl groups excluding tert-OH is 2. The second-order valence-electron chi connectivity index (χ2n) is 12.0. The fourth-order valence-electron chi connectivity index (χ4n) is 8.66. The second-order valence-corrected chi connectivity index (χ2v) is 12.0. The molecule has 0 radical (unpaired) electrons. The summed E-state index contributed by atoms with van der Waals surface area (Å²) in [5, 5.41) is 20.8. The molecule has 0 amide bonds. The standard InChI is InChI=1S/C29H41FO2/c1-28-16-14-26-24(11-9-21-18-23(31)13-15-29(21,26)2)25(28)12-10-20(28)6-4-8-27(32)19-5-3-7-22(30)17-19/h3,5,7,9,17,20,23-27,31-32H,4,6,8,10-16,18H2,1-2H3/t20-,23?,24-,25?,26?,27?,28?,29?/m0/s1. The van der Waals surface area contributed by atoms with Crippen LogP contribution in [0.5, 0.6) is 0 Å². The predicted molar refractivity (Wildman–Crippen MR) is 126 cm³/mol. The third-order valence-corrected chi connectivity index (χ3v) is 10.5. The van der Waals surface area contributed by atoms with Crippen LogP contribution in [0.4, 0.5) is 4.39 Å². The molecule has 32 heavy (non-hydrogen) atoms. The van der Waals surface area contributed by atoms with E-state index < -0.39 is 6.10 Å². The highest BCUT2D eigenvalue weighted by Crippen LogP contribution is 2.66. The normalized spacial score (nSPS) is 41.9. The van der Waals surface area contributed by atoms with Gasteiger partial charge in [-0.25, -0.2) is 4.39 Å². The summed E-state index contributed by atoms with van der Waals surface area (Å²) in [6, 6.07) is 6.42. The molecule has 3 saturated carbocycles. The molecule has 1 aromatic rings. The maximum absolute atomic E-state index is 13.5. The van der Waals surface area contributed by atoms with E-state index in [4.69, 9.17) is 0 Å². The van der Waals surface area contributed by atoms with Gasteiger partial charge in [0.25, 0.3) is 0 Å². The monoisotopic (exact) mass is 440 g/mol. The third-order valence-electron chi connectivity index (χ3n) is 10.5. The van der Waals surface area contributed by atoms with Crippen molar-refractivity contribution in [1.82, 2.24) is 0 Å². The Balaban J connectivity index is 1.23. The number of hydrogen-bond acceptors (Lipinski definition) is 2. The first kappa shape index (κ1) is 22.6. The summed E-state index contributed by atoms with van der Waals surface area (Å²) >= 11 is 0. The molecule has 0 aromatic heterocycles. The van der Waals surface area contributed by atoms with Gasteiger partial charge in [-0.05, 0) is 116 Å². The number of benzene rings is 1. The molecule has 0 spiro atoms. The summed E-state index contributed by atoms with van der Waals surface area (Å²) in [4.78, 5) is 0. The molecule has 4 aliphatic carbocycles. The van der Waals surface area contributed by atoms with Crippen LogP contribution >= 0.6 is 0 Å². The van der Waals surface area contributed by atoms with E-state index >= 15 is 0 Å². The lowest BCUT2D eigenvalue weighted by Crippen LogP contribution is -2.50. The van der Waals surface area contributed by atoms with Gasteiger partial charge in [0.2, 0.25) is 0 Å². The van der Waals surface area contributed by atoms with Crippen LogP contribution in [0.1, 0.15) is 96.1 Å². The van der Waals surface area contributed by atoms with Crippen molar-refractivity contribution in [2.75, 3.05) is 0 Å². The smallest absolute Gasteiger partial charge is 0.123 e. The Hall–Kier alpha value is -1.19. The Morgan fingerprint density at radius 3 is 2.75 bits per heavy atom. The Bertz CT molecular complexity index is 864. The van der Waals surface area contributed by atoms with Crippen LogP contribution in [0.25, 0.3) is 0 Å². The lowest BCUT2D eigenvalue weighted by Gasteiger charge is -2.58. The van der Waals surface area contributed by atoms with Crippen LogP contribution in [0, 0.1) is 40.3 Å². The summed E-state index contributed by atoms with van der Waals surface area (Å²) in [6.45, 7) is 5.07. The van der Waals surface area contributed by atoms with E-state index in [0.29, 0.717) is 16.4 Å². The van der Waals surface area contributed by atoms with Crippen molar-refractivity contribution in [1.29, 1.82) is 0 Å². The van der Waals surface area contributed by atoms with Crippen molar-refractivity contribution in [3.63, 3.8) is 0 Å². The molecule has 0 heterocycles. The van der Waals surface area contributed by atoms with E-state index in [1.165, 1.54) is 50.7 Å². The highest BCUT2D eigenvalue weighted by molar-refractivity contribution is 5.25. The molecule has 0 bridgehead atoms. The Kier molecular flexibility index (Phi) is 6.03. The number of allylic oxidation sites excluding steroid dienone is 1. The molecule has 3 heteroatoms. The first-order valence-corrected chi connectivity index (χ1v) is 13.1. The molecule has 0 aliphatic heterocycles. The minimum absolute atomic E-state index is 0.127. The van der Waals surface area contributed by atoms with Crippen LogP contribution in [0.3, 0.4) is 0 Å². The lowest BCUT2D eigenvalue weighted by atomic mass is 9.47. The average molecular weight is 441 g/mol. The van der Waals surface area contributed by atoms with Gasteiger partial charge in [-0.3, -0.25) is 0 Å². The van der Waals surface area contributed by atoms with Crippen molar-refractivity contribution < 1.29 is 14.6 Å². The zero-order valence-corrected chi connectivity index (χ0v) is 19.9. The first-order valence-electron chi connectivity index (χ1n) is 13.1. The predicted octanol–water partition coefficient (Wildman–Crippen LogP) is 6.97. The lowest BCUT2D eigenvalue weighted by molar-refractivity contribution is -0.0511. The highest BCUT2D eigenvalue weighted by atomic mass is 19.1. The Morgan fingerprint density at radius 2 is 1.94 bits per heavy atom. The number of hydrogen-bond donors (Lipinski definition) is 2. The zero-order chi connectivity index (χ0) is 22.5. The van der Waals surface area contributed by atoms with Crippen LogP contribution in [-0.4, -0.2) is 16.3 Å². The molecular weight excluding hydrogens is 399 g/mol. The Labute approximate surface area is 193 Å². The van der Waals surface area contributed by atoms with Crippen LogP contribution in [-0.2, 0) is 0 Å². The number of fused-ring (bicyclic) bond motifs is 5. The topological polar surface area (TPSA) is 40.5 Å². The van der Waals surface area contributed by atoms with Gasteiger partial charge in [0, 0.05) is 0 Å². The van der Waals surface area contributed by atoms with Crippen LogP contribution in [0.15, 0.2) is 35.9 Å². The van der Waals surface area contributed by atoms with E-state index in [-0.39, 0.29) is 11.9 Å². The average Bonchev–Trinajstić information content (AvgIpc) is 3.10. The van der Waals surface area contributed by atoms with Gasteiger partial charge in [-0.2, -0.15) is 0 Å². The second kappa shape index (κ2) is 8.55. The van der Waals surface area contributed by atoms with Crippen molar-refractivity contribution in [3.8, 4) is 0 Å². The zero-order valence-electron chi connectivity index (χ0n) is 19.9. The van der Waals surface area contributed by atoms with Gasteiger partial charge in [-0.15, -0.1) is 0 Å². The number of rotatable bonds is 5. The molecule has 5 rings (SSSR count). The summed E-state index contributed by atoms with van der Waals surface area (Å²) < 4.78 is 13.5. The summed E-state index contributed by atoms with van der Waals surface area (Å²) in [6.07, 6.45) is 14.4. The van der Waals surface area contributed by atoms with E-state index in [9.17, 15) is 14.6 Å². The van der Waals surface area contributed by atoms with Gasteiger partial charge in [0.1, 0.15) is 5.82 Å². The molecule has 0 saturated heterocycles. The molecule has 2 N–H and O–H groups in total. The van der Waals surface area contributed by atoms with E-state index in [1.54, 1.807) is 11.6 Å². The van der Waals surface area contributed by atoms with Crippen molar-refractivity contribution >= 4 is 0 Å². The molecule has 4 aliphatic rings. The van der Waals surface area contributed by atoms with Gasteiger partial charge in [0.15, 0.2) is 0 Å². The van der Waals surface area contributed by atoms with Crippen molar-refractivity contribution in [3.05, 3.63) is 47.3 Å².